The predicted molar refractivity (Wildman–Crippen MR) is 89.7 cm³/mol. The second kappa shape index (κ2) is 6.91. The molecule has 0 N–H and O–H groups in total. The summed E-state index contributed by atoms with van der Waals surface area (Å²) in [7, 11) is 0. The number of allylic oxidation sites excluding steroid dienone is 2. The van der Waals surface area contributed by atoms with Gasteiger partial charge in [0.25, 0.3) is 0 Å². The minimum absolute atomic E-state index is 1.06. The van der Waals surface area contributed by atoms with Gasteiger partial charge in [-0.15, -0.1) is 0 Å². The Balaban J connectivity index is 2.15. The first-order valence-corrected chi connectivity index (χ1v) is 7.22. The molecule has 0 bridgehead atoms. The lowest BCUT2D eigenvalue weighted by Crippen LogP contribution is -1.85. The summed E-state index contributed by atoms with van der Waals surface area (Å²) in [6.45, 7) is 8.50. The molecule has 0 spiro atoms. The molecule has 20 heavy (non-hydrogen) atoms. The van der Waals surface area contributed by atoms with Crippen molar-refractivity contribution in [1.29, 1.82) is 0 Å². The molecular weight excluding hydrogens is 240 g/mol. The highest BCUT2D eigenvalue weighted by molar-refractivity contribution is 5.78. The number of aryl methyl sites for hydroxylation is 2. The van der Waals surface area contributed by atoms with E-state index in [1.54, 1.807) is 0 Å². The van der Waals surface area contributed by atoms with E-state index >= 15 is 0 Å². The molecule has 0 saturated heterocycles. The summed E-state index contributed by atoms with van der Waals surface area (Å²) in [5.74, 6) is 0. The molecule has 0 saturated carbocycles. The Hall–Kier alpha value is -2.08. The fourth-order valence-corrected chi connectivity index (χ4v) is 2.36. The van der Waals surface area contributed by atoms with Crippen LogP contribution in [0.5, 0.6) is 0 Å². The zero-order chi connectivity index (χ0) is 14.4. The first-order chi connectivity index (χ1) is 9.70. The van der Waals surface area contributed by atoms with Crippen LogP contribution < -0.4 is 0 Å². The number of hydrogen-bond acceptors (Lipinski definition) is 0. The zero-order valence-corrected chi connectivity index (χ0v) is 12.4. The molecule has 0 fully saturated rings. The topological polar surface area (TPSA) is 0 Å². The number of rotatable bonds is 5. The van der Waals surface area contributed by atoms with Crippen molar-refractivity contribution in [3.8, 4) is 0 Å². The summed E-state index contributed by atoms with van der Waals surface area (Å²) >= 11 is 0. The molecule has 2 aromatic carbocycles. The van der Waals surface area contributed by atoms with Gasteiger partial charge in [-0.05, 0) is 41.2 Å². The fourth-order valence-electron chi connectivity index (χ4n) is 2.36. The van der Waals surface area contributed by atoms with Crippen LogP contribution in [0.25, 0.3) is 11.6 Å². The molecular formula is C20H22. The highest BCUT2D eigenvalue weighted by atomic mass is 14.0. The van der Waals surface area contributed by atoms with E-state index in [4.69, 9.17) is 0 Å². The SMILES string of the molecule is C=C(/C=C/c1cccc(CCC)c1)c1ccccc1C. The summed E-state index contributed by atoms with van der Waals surface area (Å²) < 4.78 is 0. The average Bonchev–Trinajstić information content (AvgIpc) is 2.46. The Bertz CT molecular complexity index is 617. The third-order valence-electron chi connectivity index (χ3n) is 3.46. The highest BCUT2D eigenvalue weighted by Crippen LogP contribution is 2.19. The van der Waals surface area contributed by atoms with Crippen LogP contribution in [-0.4, -0.2) is 0 Å². The van der Waals surface area contributed by atoms with Gasteiger partial charge in [0.15, 0.2) is 0 Å². The van der Waals surface area contributed by atoms with Crippen LogP contribution in [0.1, 0.15) is 35.6 Å². The predicted octanol–water partition coefficient (Wildman–Crippen LogP) is 5.67. The Kier molecular flexibility index (Phi) is 4.95. The summed E-state index contributed by atoms with van der Waals surface area (Å²) in [6.07, 6.45) is 6.57. The first-order valence-electron chi connectivity index (χ1n) is 7.22. The summed E-state index contributed by atoms with van der Waals surface area (Å²) in [5, 5.41) is 0. The summed E-state index contributed by atoms with van der Waals surface area (Å²) in [4.78, 5) is 0. The molecule has 0 atom stereocenters. The molecule has 0 aliphatic rings. The van der Waals surface area contributed by atoms with Crippen molar-refractivity contribution in [3.05, 3.63) is 83.4 Å². The van der Waals surface area contributed by atoms with Crippen molar-refractivity contribution < 1.29 is 0 Å². The minimum atomic E-state index is 1.06. The molecule has 0 aliphatic heterocycles. The van der Waals surface area contributed by atoms with E-state index in [1.165, 1.54) is 28.7 Å². The van der Waals surface area contributed by atoms with E-state index < -0.39 is 0 Å². The molecule has 102 valence electrons. The van der Waals surface area contributed by atoms with Crippen molar-refractivity contribution in [1.82, 2.24) is 0 Å². The van der Waals surface area contributed by atoms with Crippen molar-refractivity contribution in [2.75, 3.05) is 0 Å². The van der Waals surface area contributed by atoms with Gasteiger partial charge in [0, 0.05) is 0 Å². The van der Waals surface area contributed by atoms with Crippen LogP contribution in [-0.2, 0) is 6.42 Å². The Labute approximate surface area is 122 Å². The number of hydrogen-bond donors (Lipinski definition) is 0. The molecule has 2 aromatic rings. The molecule has 0 aromatic heterocycles. The Morgan fingerprint density at radius 2 is 1.90 bits per heavy atom. The van der Waals surface area contributed by atoms with Gasteiger partial charge >= 0.3 is 0 Å². The third kappa shape index (κ3) is 3.71. The van der Waals surface area contributed by atoms with E-state index in [1.807, 2.05) is 0 Å². The molecule has 2 rings (SSSR count). The normalized spacial score (nSPS) is 10.9. The van der Waals surface area contributed by atoms with E-state index in [9.17, 15) is 0 Å². The Morgan fingerprint density at radius 1 is 1.10 bits per heavy atom. The van der Waals surface area contributed by atoms with Crippen molar-refractivity contribution in [2.45, 2.75) is 26.7 Å². The summed E-state index contributed by atoms with van der Waals surface area (Å²) in [6, 6.07) is 17.1. The van der Waals surface area contributed by atoms with Crippen molar-refractivity contribution >= 4 is 11.6 Å². The molecule has 0 unspecified atom stereocenters. The molecule has 0 amide bonds. The number of benzene rings is 2. The molecule has 0 nitrogen and oxygen atoms in total. The lowest BCUT2D eigenvalue weighted by atomic mass is 10.0. The monoisotopic (exact) mass is 262 g/mol. The Morgan fingerprint density at radius 3 is 2.65 bits per heavy atom. The van der Waals surface area contributed by atoms with Crippen LogP contribution >= 0.6 is 0 Å². The maximum absolute atomic E-state index is 4.17. The van der Waals surface area contributed by atoms with Gasteiger partial charge in [0.2, 0.25) is 0 Å². The van der Waals surface area contributed by atoms with Gasteiger partial charge in [0.1, 0.15) is 0 Å². The minimum Gasteiger partial charge on any atom is -0.0911 e. The van der Waals surface area contributed by atoms with Gasteiger partial charge in [0.05, 0.1) is 0 Å². The standard InChI is InChI=1S/C20H22/c1-4-8-18-10-7-11-19(15-18)14-13-17(3)20-12-6-5-9-16(20)2/h5-7,9-15H,3-4,8H2,1-2H3/b14-13+. The quantitative estimate of drug-likeness (QED) is 0.609. The molecule has 0 aliphatic carbocycles. The smallest absolute Gasteiger partial charge is 0.0161 e. The maximum Gasteiger partial charge on any atom is -0.0161 e. The van der Waals surface area contributed by atoms with Gasteiger partial charge in [-0.2, -0.15) is 0 Å². The maximum atomic E-state index is 4.17. The second-order valence-corrected chi connectivity index (χ2v) is 5.17. The van der Waals surface area contributed by atoms with E-state index in [0.29, 0.717) is 0 Å². The van der Waals surface area contributed by atoms with Crippen LogP contribution in [0.15, 0.2) is 61.2 Å². The highest BCUT2D eigenvalue weighted by Gasteiger charge is 1.98. The first kappa shape index (κ1) is 14.3. The van der Waals surface area contributed by atoms with Crippen molar-refractivity contribution in [3.63, 3.8) is 0 Å². The summed E-state index contributed by atoms with van der Waals surface area (Å²) in [5.41, 5.74) is 6.18. The van der Waals surface area contributed by atoms with Crippen molar-refractivity contribution in [2.24, 2.45) is 0 Å². The molecule has 0 heterocycles. The lowest BCUT2D eigenvalue weighted by molar-refractivity contribution is 0.921. The molecule has 0 heteroatoms. The average molecular weight is 262 g/mol. The van der Waals surface area contributed by atoms with Gasteiger partial charge in [-0.3, -0.25) is 0 Å². The van der Waals surface area contributed by atoms with E-state index in [2.05, 4.69) is 81.1 Å². The van der Waals surface area contributed by atoms with Crippen LogP contribution in [0.2, 0.25) is 0 Å². The second-order valence-electron chi connectivity index (χ2n) is 5.17. The largest absolute Gasteiger partial charge is 0.0911 e. The zero-order valence-electron chi connectivity index (χ0n) is 12.4. The third-order valence-corrected chi connectivity index (χ3v) is 3.46. The van der Waals surface area contributed by atoms with Gasteiger partial charge in [-0.1, -0.05) is 80.6 Å². The van der Waals surface area contributed by atoms with Gasteiger partial charge in [-0.25, -0.2) is 0 Å². The van der Waals surface area contributed by atoms with E-state index in [0.717, 1.165) is 12.0 Å². The molecule has 0 radical (unpaired) electrons. The lowest BCUT2D eigenvalue weighted by Gasteiger charge is -2.05. The van der Waals surface area contributed by atoms with Crippen LogP contribution in [0.4, 0.5) is 0 Å². The van der Waals surface area contributed by atoms with Crippen LogP contribution in [0, 0.1) is 6.92 Å². The van der Waals surface area contributed by atoms with Crippen LogP contribution in [0.3, 0.4) is 0 Å². The van der Waals surface area contributed by atoms with E-state index in [-0.39, 0.29) is 0 Å². The fraction of sp³-hybridized carbons (Fsp3) is 0.200. The van der Waals surface area contributed by atoms with Gasteiger partial charge < -0.3 is 0 Å².